The number of halogens is 1. The SMILES string of the molecule is COCCNC(=NCc1nnc(C)n1C)N1CCSC2(CCCCC2)C1.I. The van der Waals surface area contributed by atoms with Gasteiger partial charge >= 0.3 is 0 Å². The molecule has 1 aromatic heterocycles. The molecule has 1 N–H and O–H groups in total. The van der Waals surface area contributed by atoms with Crippen molar-refractivity contribution in [2.75, 3.05) is 39.1 Å². The van der Waals surface area contributed by atoms with E-state index < -0.39 is 0 Å². The lowest BCUT2D eigenvalue weighted by molar-refractivity contribution is 0.202. The Morgan fingerprint density at radius 1 is 1.30 bits per heavy atom. The second kappa shape index (κ2) is 10.8. The van der Waals surface area contributed by atoms with Crippen LogP contribution < -0.4 is 5.32 Å². The van der Waals surface area contributed by atoms with E-state index in [2.05, 4.69) is 32.2 Å². The molecule has 154 valence electrons. The maximum atomic E-state index is 5.21. The molecule has 7 nitrogen and oxygen atoms in total. The zero-order valence-corrected chi connectivity index (χ0v) is 19.9. The molecule has 0 aromatic carbocycles. The van der Waals surface area contributed by atoms with Crippen LogP contribution in [0.5, 0.6) is 0 Å². The van der Waals surface area contributed by atoms with Crippen molar-refractivity contribution in [1.82, 2.24) is 25.0 Å². The number of ether oxygens (including phenoxy) is 1. The van der Waals surface area contributed by atoms with Crippen molar-refractivity contribution in [3.8, 4) is 0 Å². The van der Waals surface area contributed by atoms with Gasteiger partial charge in [0.15, 0.2) is 11.8 Å². The Balaban J connectivity index is 0.00000261. The molecule has 27 heavy (non-hydrogen) atoms. The first-order chi connectivity index (χ1) is 12.6. The molecule has 1 aliphatic heterocycles. The average Bonchev–Trinajstić information content (AvgIpc) is 2.97. The summed E-state index contributed by atoms with van der Waals surface area (Å²) < 4.78 is 7.63. The highest BCUT2D eigenvalue weighted by atomic mass is 127. The highest BCUT2D eigenvalue weighted by Gasteiger charge is 2.38. The number of thioether (sulfide) groups is 1. The number of aryl methyl sites for hydroxylation is 1. The smallest absolute Gasteiger partial charge is 0.194 e. The molecule has 1 spiro atoms. The zero-order valence-electron chi connectivity index (χ0n) is 16.7. The van der Waals surface area contributed by atoms with Crippen LogP contribution in [0.1, 0.15) is 43.8 Å². The summed E-state index contributed by atoms with van der Waals surface area (Å²) in [5.41, 5.74) is 0. The molecule has 0 unspecified atom stereocenters. The van der Waals surface area contributed by atoms with E-state index in [-0.39, 0.29) is 24.0 Å². The first-order valence-corrected chi connectivity index (χ1v) is 10.6. The summed E-state index contributed by atoms with van der Waals surface area (Å²) in [5, 5.41) is 11.9. The molecular formula is C18H33IN6OS. The van der Waals surface area contributed by atoms with Gasteiger partial charge in [0.25, 0.3) is 0 Å². The third-order valence-corrected chi connectivity index (χ3v) is 6.99. The topological polar surface area (TPSA) is 67.6 Å². The Labute approximate surface area is 184 Å². The molecule has 1 aliphatic carbocycles. The third-order valence-electron chi connectivity index (χ3n) is 5.46. The molecule has 2 aliphatic rings. The van der Waals surface area contributed by atoms with Crippen molar-refractivity contribution >= 4 is 41.7 Å². The van der Waals surface area contributed by atoms with Gasteiger partial charge in [0.1, 0.15) is 12.4 Å². The van der Waals surface area contributed by atoms with Gasteiger partial charge < -0.3 is 19.5 Å². The molecule has 1 saturated carbocycles. The van der Waals surface area contributed by atoms with E-state index in [0.717, 1.165) is 37.2 Å². The number of hydrogen-bond acceptors (Lipinski definition) is 5. The van der Waals surface area contributed by atoms with Gasteiger partial charge in [-0.3, -0.25) is 0 Å². The van der Waals surface area contributed by atoms with E-state index in [0.29, 0.717) is 17.9 Å². The predicted octanol–water partition coefficient (Wildman–Crippen LogP) is 2.59. The van der Waals surface area contributed by atoms with Crippen LogP contribution in [0.25, 0.3) is 0 Å². The van der Waals surface area contributed by atoms with Gasteiger partial charge in [-0.1, -0.05) is 19.3 Å². The minimum Gasteiger partial charge on any atom is -0.383 e. The molecule has 9 heteroatoms. The molecule has 0 atom stereocenters. The molecular weight excluding hydrogens is 475 g/mol. The molecule has 1 aromatic rings. The highest BCUT2D eigenvalue weighted by Crippen LogP contribution is 2.42. The van der Waals surface area contributed by atoms with Crippen molar-refractivity contribution in [2.24, 2.45) is 12.0 Å². The number of guanidine groups is 1. The maximum absolute atomic E-state index is 5.21. The van der Waals surface area contributed by atoms with Crippen LogP contribution in [-0.2, 0) is 18.3 Å². The summed E-state index contributed by atoms with van der Waals surface area (Å²) in [6.45, 7) is 6.09. The Bertz CT molecular complexity index is 611. The Morgan fingerprint density at radius 3 is 2.74 bits per heavy atom. The van der Waals surface area contributed by atoms with Crippen molar-refractivity contribution in [1.29, 1.82) is 0 Å². The lowest BCUT2D eigenvalue weighted by Crippen LogP contribution is -2.53. The fourth-order valence-corrected chi connectivity index (χ4v) is 5.36. The summed E-state index contributed by atoms with van der Waals surface area (Å²) >= 11 is 2.18. The monoisotopic (exact) mass is 508 g/mol. The molecule has 2 fully saturated rings. The highest BCUT2D eigenvalue weighted by molar-refractivity contribution is 14.0. The number of methoxy groups -OCH3 is 1. The molecule has 0 bridgehead atoms. The van der Waals surface area contributed by atoms with Crippen molar-refractivity contribution < 1.29 is 4.74 Å². The number of aromatic nitrogens is 3. The van der Waals surface area contributed by atoms with Crippen LogP contribution in [0.3, 0.4) is 0 Å². The van der Waals surface area contributed by atoms with Gasteiger partial charge in [0, 0.05) is 44.3 Å². The fraction of sp³-hybridized carbons (Fsp3) is 0.833. The third kappa shape index (κ3) is 5.96. The molecule has 0 amide bonds. The van der Waals surface area contributed by atoms with Gasteiger partial charge in [-0.15, -0.1) is 34.2 Å². The summed E-state index contributed by atoms with van der Waals surface area (Å²) in [6.07, 6.45) is 6.79. The molecule has 2 heterocycles. The molecule has 0 radical (unpaired) electrons. The number of rotatable bonds is 5. The summed E-state index contributed by atoms with van der Waals surface area (Å²) in [5.74, 6) is 3.97. The number of aliphatic imine (C=N–C) groups is 1. The second-order valence-corrected chi connectivity index (χ2v) is 8.86. The normalized spacial score (nSPS) is 19.8. The van der Waals surface area contributed by atoms with E-state index in [4.69, 9.17) is 9.73 Å². The predicted molar refractivity (Wildman–Crippen MR) is 122 cm³/mol. The van der Waals surface area contributed by atoms with E-state index in [9.17, 15) is 0 Å². The van der Waals surface area contributed by atoms with E-state index in [1.165, 1.54) is 37.9 Å². The summed E-state index contributed by atoms with van der Waals surface area (Å²) in [7, 11) is 3.72. The largest absolute Gasteiger partial charge is 0.383 e. The van der Waals surface area contributed by atoms with E-state index in [1.54, 1.807) is 7.11 Å². The first kappa shape index (κ1) is 22.7. The lowest BCUT2D eigenvalue weighted by Gasteiger charge is -2.45. The maximum Gasteiger partial charge on any atom is 0.194 e. The summed E-state index contributed by atoms with van der Waals surface area (Å²) in [6, 6.07) is 0. The standard InChI is InChI=1S/C18H32N6OS.HI/c1-15-21-22-16(23(15)2)13-20-17(19-9-11-25-3)24-10-12-26-18(14-24)7-5-4-6-8-18;/h4-14H2,1-3H3,(H,19,20);1H. The minimum atomic E-state index is 0. The second-order valence-electron chi connectivity index (χ2n) is 7.30. The van der Waals surface area contributed by atoms with Gasteiger partial charge in [0.05, 0.1) is 6.61 Å². The Hall–Kier alpha value is -0.550. The zero-order chi connectivity index (χ0) is 18.4. The van der Waals surface area contributed by atoms with E-state index >= 15 is 0 Å². The Morgan fingerprint density at radius 2 is 2.07 bits per heavy atom. The fourth-order valence-electron chi connectivity index (χ4n) is 3.79. The molecule has 1 saturated heterocycles. The average molecular weight is 508 g/mol. The molecule has 3 rings (SSSR count). The first-order valence-electron chi connectivity index (χ1n) is 9.65. The quantitative estimate of drug-likeness (QED) is 0.286. The van der Waals surface area contributed by atoms with Gasteiger partial charge in [-0.25, -0.2) is 4.99 Å². The van der Waals surface area contributed by atoms with Crippen molar-refractivity contribution in [3.63, 3.8) is 0 Å². The van der Waals surface area contributed by atoms with Crippen LogP contribution in [0.15, 0.2) is 4.99 Å². The van der Waals surface area contributed by atoms with Crippen LogP contribution in [0.2, 0.25) is 0 Å². The van der Waals surface area contributed by atoms with Crippen LogP contribution >= 0.6 is 35.7 Å². The van der Waals surface area contributed by atoms with Gasteiger partial charge in [-0.2, -0.15) is 11.8 Å². The lowest BCUT2D eigenvalue weighted by atomic mass is 9.87. The Kier molecular flexibility index (Phi) is 9.13. The number of hydrogen-bond donors (Lipinski definition) is 1. The van der Waals surface area contributed by atoms with Gasteiger partial charge in [-0.05, 0) is 19.8 Å². The van der Waals surface area contributed by atoms with Gasteiger partial charge in [0.2, 0.25) is 0 Å². The summed E-state index contributed by atoms with van der Waals surface area (Å²) in [4.78, 5) is 7.33. The van der Waals surface area contributed by atoms with Crippen LogP contribution in [0, 0.1) is 6.92 Å². The van der Waals surface area contributed by atoms with Crippen molar-refractivity contribution in [2.45, 2.75) is 50.3 Å². The van der Waals surface area contributed by atoms with E-state index in [1.807, 2.05) is 18.5 Å². The van der Waals surface area contributed by atoms with Crippen LogP contribution in [0.4, 0.5) is 0 Å². The number of nitrogens with one attached hydrogen (secondary N) is 1. The van der Waals surface area contributed by atoms with Crippen molar-refractivity contribution in [3.05, 3.63) is 11.6 Å². The van der Waals surface area contributed by atoms with Crippen LogP contribution in [-0.4, -0.2) is 69.5 Å². The minimum absolute atomic E-state index is 0. The number of nitrogens with zero attached hydrogens (tertiary/aromatic N) is 5.